The Morgan fingerprint density at radius 1 is 1.32 bits per heavy atom. The molecule has 1 heterocycles. The highest BCUT2D eigenvalue weighted by Gasteiger charge is 2.26. The highest BCUT2D eigenvalue weighted by molar-refractivity contribution is 5.79. The molecule has 22 heavy (non-hydrogen) atoms. The molecule has 0 unspecified atom stereocenters. The molecule has 1 amide bonds. The summed E-state index contributed by atoms with van der Waals surface area (Å²) in [4.78, 5) is 14.7. The second kappa shape index (κ2) is 7.73. The van der Waals surface area contributed by atoms with Gasteiger partial charge in [-0.3, -0.25) is 9.69 Å². The quantitative estimate of drug-likeness (QED) is 0.906. The Morgan fingerprint density at radius 3 is 2.64 bits per heavy atom. The summed E-state index contributed by atoms with van der Waals surface area (Å²) in [5, 5.41) is 3.13. The van der Waals surface area contributed by atoms with Gasteiger partial charge in [-0.25, -0.2) is 4.39 Å². The summed E-state index contributed by atoms with van der Waals surface area (Å²) < 4.78 is 13.0. The number of nitrogens with one attached hydrogen (secondary N) is 1. The van der Waals surface area contributed by atoms with Gasteiger partial charge in [0, 0.05) is 19.1 Å². The van der Waals surface area contributed by atoms with Crippen LogP contribution in [0.3, 0.4) is 0 Å². The topological polar surface area (TPSA) is 32.3 Å². The van der Waals surface area contributed by atoms with Gasteiger partial charge in [0.2, 0.25) is 5.91 Å². The second-order valence-corrected chi connectivity index (χ2v) is 6.74. The van der Waals surface area contributed by atoms with Gasteiger partial charge < -0.3 is 5.32 Å². The minimum absolute atomic E-state index is 0.0652. The molecule has 1 aliphatic heterocycles. The second-order valence-electron chi connectivity index (χ2n) is 6.74. The van der Waals surface area contributed by atoms with E-state index in [2.05, 4.69) is 31.0 Å². The lowest BCUT2D eigenvalue weighted by Gasteiger charge is -2.33. The van der Waals surface area contributed by atoms with Crippen LogP contribution in [0.5, 0.6) is 0 Å². The summed E-state index contributed by atoms with van der Waals surface area (Å²) in [5.74, 6) is 0.477. The van der Waals surface area contributed by atoms with Crippen molar-refractivity contribution in [1.29, 1.82) is 0 Å². The van der Waals surface area contributed by atoms with E-state index in [0.717, 1.165) is 38.0 Å². The average molecular weight is 306 g/mol. The molecule has 1 aromatic carbocycles. The van der Waals surface area contributed by atoms with Crippen LogP contribution in [0, 0.1) is 17.7 Å². The van der Waals surface area contributed by atoms with E-state index >= 15 is 0 Å². The van der Waals surface area contributed by atoms with Crippen LogP contribution >= 0.6 is 0 Å². The first-order valence-electron chi connectivity index (χ1n) is 8.23. The van der Waals surface area contributed by atoms with Crippen LogP contribution in [0.15, 0.2) is 24.3 Å². The largest absolute Gasteiger partial charge is 0.353 e. The number of hydrogen-bond acceptors (Lipinski definition) is 2. The molecule has 1 aromatic rings. The van der Waals surface area contributed by atoms with Gasteiger partial charge in [0.15, 0.2) is 0 Å². The maximum absolute atomic E-state index is 13.0. The molecule has 122 valence electrons. The van der Waals surface area contributed by atoms with Crippen LogP contribution in [0.25, 0.3) is 0 Å². The summed E-state index contributed by atoms with van der Waals surface area (Å²) in [5.41, 5.74) is 1.10. The number of hydrogen-bond donors (Lipinski definition) is 1. The van der Waals surface area contributed by atoms with Gasteiger partial charge in [0.1, 0.15) is 5.82 Å². The van der Waals surface area contributed by atoms with Gasteiger partial charge in [-0.1, -0.05) is 26.0 Å². The zero-order valence-electron chi connectivity index (χ0n) is 13.8. The van der Waals surface area contributed by atoms with E-state index in [1.54, 1.807) is 0 Å². The Kier molecular flexibility index (Phi) is 5.95. The Balaban J connectivity index is 1.88. The lowest BCUT2D eigenvalue weighted by molar-refractivity contribution is -0.127. The van der Waals surface area contributed by atoms with Gasteiger partial charge in [-0.05, 0) is 49.9 Å². The smallest absolute Gasteiger partial charge is 0.224 e. The van der Waals surface area contributed by atoms with E-state index in [1.165, 1.54) is 12.1 Å². The first-order chi connectivity index (χ1) is 10.5. The lowest BCUT2D eigenvalue weighted by atomic mass is 9.95. The molecule has 1 saturated heterocycles. The minimum Gasteiger partial charge on any atom is -0.353 e. The standard InChI is InChI=1S/C18H27FN2O/c1-13(2)14(3)20-18(22)16-5-4-10-21(12-16)11-15-6-8-17(19)9-7-15/h6-9,13-14,16H,4-5,10-12H2,1-3H3,(H,20,22)/t14-,16+/m1/s1. The van der Waals surface area contributed by atoms with E-state index in [4.69, 9.17) is 0 Å². The molecule has 0 bridgehead atoms. The highest BCUT2D eigenvalue weighted by atomic mass is 19.1. The molecule has 1 N–H and O–H groups in total. The number of likely N-dealkylation sites (tertiary alicyclic amines) is 1. The van der Waals surface area contributed by atoms with Crippen molar-refractivity contribution in [3.63, 3.8) is 0 Å². The SMILES string of the molecule is CC(C)[C@@H](C)NC(=O)[C@H]1CCCN(Cc2ccc(F)cc2)C1. The summed E-state index contributed by atoms with van der Waals surface area (Å²) in [6.45, 7) is 8.86. The number of carbonyl (C=O) groups excluding carboxylic acids is 1. The first-order valence-corrected chi connectivity index (χ1v) is 8.23. The maximum Gasteiger partial charge on any atom is 0.224 e. The third kappa shape index (κ3) is 4.80. The first kappa shape index (κ1) is 16.9. The Bertz CT molecular complexity index is 486. The average Bonchev–Trinajstić information content (AvgIpc) is 2.49. The number of carbonyl (C=O) groups is 1. The number of benzene rings is 1. The third-order valence-electron chi connectivity index (χ3n) is 4.57. The number of piperidine rings is 1. The minimum atomic E-state index is -0.206. The molecule has 1 fully saturated rings. The number of rotatable bonds is 5. The van der Waals surface area contributed by atoms with E-state index in [-0.39, 0.29) is 23.7 Å². The van der Waals surface area contributed by atoms with Crippen molar-refractivity contribution < 1.29 is 9.18 Å². The van der Waals surface area contributed by atoms with Gasteiger partial charge >= 0.3 is 0 Å². The number of amides is 1. The van der Waals surface area contributed by atoms with Crippen molar-refractivity contribution in [3.8, 4) is 0 Å². The molecule has 2 atom stereocenters. The zero-order valence-corrected chi connectivity index (χ0v) is 13.8. The molecule has 0 aromatic heterocycles. The van der Waals surface area contributed by atoms with E-state index in [0.29, 0.717) is 5.92 Å². The molecular weight excluding hydrogens is 279 g/mol. The maximum atomic E-state index is 13.0. The fourth-order valence-electron chi connectivity index (χ4n) is 2.77. The Labute approximate surface area is 132 Å². The van der Waals surface area contributed by atoms with E-state index < -0.39 is 0 Å². The molecule has 0 radical (unpaired) electrons. The molecule has 0 saturated carbocycles. The van der Waals surface area contributed by atoms with Crippen LogP contribution in [0.1, 0.15) is 39.2 Å². The number of nitrogens with zero attached hydrogens (tertiary/aromatic N) is 1. The normalized spacial score (nSPS) is 20.9. The summed E-state index contributed by atoms with van der Waals surface area (Å²) in [6, 6.07) is 6.83. The molecular formula is C18H27FN2O. The molecule has 4 heteroatoms. The third-order valence-corrected chi connectivity index (χ3v) is 4.57. The molecule has 0 aliphatic carbocycles. The fraction of sp³-hybridized carbons (Fsp3) is 0.611. The van der Waals surface area contributed by atoms with Crippen molar-refractivity contribution in [2.24, 2.45) is 11.8 Å². The Morgan fingerprint density at radius 2 is 2.00 bits per heavy atom. The molecule has 1 aliphatic rings. The lowest BCUT2D eigenvalue weighted by Crippen LogP contribution is -2.46. The molecule has 3 nitrogen and oxygen atoms in total. The predicted molar refractivity (Wildman–Crippen MR) is 86.8 cm³/mol. The Hall–Kier alpha value is -1.42. The van der Waals surface area contributed by atoms with Gasteiger partial charge in [0.05, 0.1) is 5.92 Å². The van der Waals surface area contributed by atoms with Gasteiger partial charge in [-0.15, -0.1) is 0 Å². The fourth-order valence-corrected chi connectivity index (χ4v) is 2.77. The van der Waals surface area contributed by atoms with Crippen LogP contribution < -0.4 is 5.32 Å². The molecule has 0 spiro atoms. The van der Waals surface area contributed by atoms with Gasteiger partial charge in [-0.2, -0.15) is 0 Å². The summed E-state index contributed by atoms with van der Waals surface area (Å²) >= 11 is 0. The van der Waals surface area contributed by atoms with E-state index in [1.807, 2.05) is 12.1 Å². The summed E-state index contributed by atoms with van der Waals surface area (Å²) in [6.07, 6.45) is 1.99. The van der Waals surface area contributed by atoms with Crippen LogP contribution in [0.4, 0.5) is 4.39 Å². The summed E-state index contributed by atoms with van der Waals surface area (Å²) in [7, 11) is 0. The zero-order chi connectivity index (χ0) is 16.1. The van der Waals surface area contributed by atoms with Crippen molar-refractivity contribution >= 4 is 5.91 Å². The van der Waals surface area contributed by atoms with Crippen molar-refractivity contribution in [3.05, 3.63) is 35.6 Å². The van der Waals surface area contributed by atoms with Gasteiger partial charge in [0.25, 0.3) is 0 Å². The van der Waals surface area contributed by atoms with Crippen molar-refractivity contribution in [2.75, 3.05) is 13.1 Å². The predicted octanol–water partition coefficient (Wildman–Crippen LogP) is 3.20. The van der Waals surface area contributed by atoms with Crippen LogP contribution in [-0.4, -0.2) is 29.9 Å². The monoisotopic (exact) mass is 306 g/mol. The van der Waals surface area contributed by atoms with Crippen molar-refractivity contribution in [1.82, 2.24) is 10.2 Å². The highest BCUT2D eigenvalue weighted by Crippen LogP contribution is 2.19. The van der Waals surface area contributed by atoms with Crippen LogP contribution in [-0.2, 0) is 11.3 Å². The van der Waals surface area contributed by atoms with Crippen LogP contribution in [0.2, 0.25) is 0 Å². The van der Waals surface area contributed by atoms with E-state index in [9.17, 15) is 9.18 Å². The van der Waals surface area contributed by atoms with Crippen molar-refractivity contribution in [2.45, 2.75) is 46.2 Å². The number of halogens is 1. The molecule has 2 rings (SSSR count).